The molecule has 26 heavy (non-hydrogen) atoms. The van der Waals surface area contributed by atoms with Gasteiger partial charge in [-0.2, -0.15) is 0 Å². The first kappa shape index (κ1) is 17.1. The van der Waals surface area contributed by atoms with Gasteiger partial charge in [-0.25, -0.2) is 4.79 Å². The molecule has 3 aliphatic heterocycles. The Morgan fingerprint density at radius 1 is 1.27 bits per heavy atom. The van der Waals surface area contributed by atoms with Crippen molar-refractivity contribution < 1.29 is 14.3 Å². The van der Waals surface area contributed by atoms with Gasteiger partial charge in [-0.1, -0.05) is 23.8 Å². The van der Waals surface area contributed by atoms with Crippen molar-refractivity contribution in [1.29, 1.82) is 0 Å². The first-order valence-electron chi connectivity index (χ1n) is 9.21. The number of rotatable bonds is 3. The van der Waals surface area contributed by atoms with E-state index in [1.807, 2.05) is 30.9 Å². The third-order valence-electron chi connectivity index (χ3n) is 5.62. The molecule has 1 fully saturated rings. The Kier molecular flexibility index (Phi) is 4.23. The molecule has 1 aromatic carbocycles. The molecule has 0 spiro atoms. The highest BCUT2D eigenvalue weighted by Gasteiger charge is 2.43. The van der Waals surface area contributed by atoms with Gasteiger partial charge in [0, 0.05) is 20.2 Å². The van der Waals surface area contributed by atoms with Crippen LogP contribution in [0.15, 0.2) is 29.5 Å². The van der Waals surface area contributed by atoms with Gasteiger partial charge in [0.05, 0.1) is 30.0 Å². The van der Waals surface area contributed by atoms with Gasteiger partial charge in [0.2, 0.25) is 0 Å². The van der Waals surface area contributed by atoms with E-state index in [9.17, 15) is 9.59 Å². The minimum absolute atomic E-state index is 0.00678. The van der Waals surface area contributed by atoms with Crippen LogP contribution >= 0.6 is 0 Å². The molecular formula is C20H25N3O3. The highest BCUT2D eigenvalue weighted by Crippen LogP contribution is 2.37. The number of aryl methyl sites for hydroxylation is 2. The zero-order valence-corrected chi connectivity index (χ0v) is 15.5. The Hall–Kier alpha value is -2.34. The van der Waals surface area contributed by atoms with E-state index in [0.29, 0.717) is 18.7 Å². The van der Waals surface area contributed by atoms with Crippen molar-refractivity contribution >= 4 is 11.9 Å². The summed E-state index contributed by atoms with van der Waals surface area (Å²) in [4.78, 5) is 29.1. The summed E-state index contributed by atoms with van der Waals surface area (Å²) in [5.41, 5.74) is 4.73. The lowest BCUT2D eigenvalue weighted by Gasteiger charge is -2.31. The molecule has 1 aromatic rings. The zero-order chi connectivity index (χ0) is 18.4. The van der Waals surface area contributed by atoms with Crippen molar-refractivity contribution in [2.45, 2.75) is 38.8 Å². The van der Waals surface area contributed by atoms with Crippen LogP contribution in [0.3, 0.4) is 0 Å². The van der Waals surface area contributed by atoms with E-state index in [0.717, 1.165) is 41.8 Å². The fourth-order valence-corrected chi connectivity index (χ4v) is 4.19. The van der Waals surface area contributed by atoms with Gasteiger partial charge in [-0.15, -0.1) is 0 Å². The molecule has 4 rings (SSSR count). The maximum Gasteiger partial charge on any atom is 0.322 e. The second-order valence-corrected chi connectivity index (χ2v) is 7.48. The number of carbonyl (C=O) groups excluding carboxylic acids is 2. The van der Waals surface area contributed by atoms with Crippen molar-refractivity contribution in [1.82, 2.24) is 15.1 Å². The van der Waals surface area contributed by atoms with E-state index in [-0.39, 0.29) is 18.0 Å². The van der Waals surface area contributed by atoms with E-state index >= 15 is 0 Å². The molecule has 1 N–H and O–H groups in total. The molecule has 0 unspecified atom stereocenters. The minimum atomic E-state index is -0.392. The van der Waals surface area contributed by atoms with Gasteiger partial charge in [0.15, 0.2) is 0 Å². The molecular weight excluding hydrogens is 330 g/mol. The predicted octanol–water partition coefficient (Wildman–Crippen LogP) is 2.27. The Morgan fingerprint density at radius 3 is 2.77 bits per heavy atom. The van der Waals surface area contributed by atoms with Crippen LogP contribution in [0.25, 0.3) is 0 Å². The number of nitrogens with zero attached hydrogens (tertiary/aromatic N) is 2. The van der Waals surface area contributed by atoms with Crippen molar-refractivity contribution in [2.75, 3.05) is 26.7 Å². The van der Waals surface area contributed by atoms with Crippen molar-refractivity contribution in [3.05, 3.63) is 46.2 Å². The van der Waals surface area contributed by atoms with Crippen LogP contribution in [0.2, 0.25) is 0 Å². The van der Waals surface area contributed by atoms with Crippen LogP contribution in [0.4, 0.5) is 4.79 Å². The number of benzene rings is 1. The van der Waals surface area contributed by atoms with E-state index in [1.54, 1.807) is 11.9 Å². The van der Waals surface area contributed by atoms with E-state index in [1.165, 1.54) is 0 Å². The Bertz CT molecular complexity index is 795. The highest BCUT2D eigenvalue weighted by molar-refractivity contribution is 6.01. The van der Waals surface area contributed by atoms with Gasteiger partial charge in [0.25, 0.3) is 5.91 Å². The SMILES string of the molecule is Cc1ccc([C@@H]2NC(=O)N(C)C3=C2C(=O)N(C[C@@H]2CCCO2)C3)c(C)c1. The molecule has 0 aromatic heterocycles. The van der Waals surface area contributed by atoms with E-state index in [4.69, 9.17) is 4.74 Å². The van der Waals surface area contributed by atoms with Crippen molar-refractivity contribution in [3.63, 3.8) is 0 Å². The molecule has 3 heterocycles. The lowest BCUT2D eigenvalue weighted by molar-refractivity contribution is -0.127. The van der Waals surface area contributed by atoms with Gasteiger partial charge in [-0.3, -0.25) is 9.69 Å². The first-order chi connectivity index (χ1) is 12.5. The fourth-order valence-electron chi connectivity index (χ4n) is 4.19. The summed E-state index contributed by atoms with van der Waals surface area (Å²) < 4.78 is 5.70. The molecule has 138 valence electrons. The average Bonchev–Trinajstić information content (AvgIpc) is 3.21. The Morgan fingerprint density at radius 2 is 2.08 bits per heavy atom. The normalized spacial score (nSPS) is 25.8. The number of likely N-dealkylation sites (N-methyl/N-ethyl adjacent to an activating group) is 1. The Labute approximate surface area is 153 Å². The molecule has 0 radical (unpaired) electrons. The summed E-state index contributed by atoms with van der Waals surface area (Å²) in [5, 5.41) is 3.01. The topological polar surface area (TPSA) is 61.9 Å². The molecule has 0 bridgehead atoms. The minimum Gasteiger partial charge on any atom is -0.376 e. The zero-order valence-electron chi connectivity index (χ0n) is 15.5. The monoisotopic (exact) mass is 355 g/mol. The second-order valence-electron chi connectivity index (χ2n) is 7.48. The van der Waals surface area contributed by atoms with Crippen LogP contribution in [-0.4, -0.2) is 54.6 Å². The number of hydrogen-bond donors (Lipinski definition) is 1. The lowest BCUT2D eigenvalue weighted by Crippen LogP contribution is -2.45. The number of ether oxygens (including phenoxy) is 1. The molecule has 6 nitrogen and oxygen atoms in total. The number of urea groups is 1. The van der Waals surface area contributed by atoms with Crippen molar-refractivity contribution in [3.8, 4) is 0 Å². The van der Waals surface area contributed by atoms with Crippen LogP contribution in [0.5, 0.6) is 0 Å². The molecule has 0 aliphatic carbocycles. The number of nitrogens with one attached hydrogen (secondary N) is 1. The number of hydrogen-bond acceptors (Lipinski definition) is 3. The molecule has 3 aliphatic rings. The largest absolute Gasteiger partial charge is 0.376 e. The standard InChI is InChI=1S/C20H25N3O3/c1-12-6-7-15(13(2)9-12)18-17-16(22(3)20(25)21-18)11-23(19(17)24)10-14-5-4-8-26-14/h6-7,9,14,18H,4-5,8,10-11H2,1-3H3,(H,21,25)/t14-,18-/m0/s1. The van der Waals surface area contributed by atoms with E-state index < -0.39 is 6.04 Å². The maximum absolute atomic E-state index is 13.2. The van der Waals surface area contributed by atoms with E-state index in [2.05, 4.69) is 11.4 Å². The second kappa shape index (κ2) is 6.43. The molecule has 2 atom stereocenters. The van der Waals surface area contributed by atoms with Crippen LogP contribution in [-0.2, 0) is 9.53 Å². The molecule has 3 amide bonds. The maximum atomic E-state index is 13.2. The van der Waals surface area contributed by atoms with Gasteiger partial charge >= 0.3 is 6.03 Å². The molecule has 1 saturated heterocycles. The summed E-state index contributed by atoms with van der Waals surface area (Å²) in [6, 6.07) is 5.57. The summed E-state index contributed by atoms with van der Waals surface area (Å²) in [6.45, 7) is 5.90. The number of carbonyl (C=O) groups is 2. The summed E-state index contributed by atoms with van der Waals surface area (Å²) >= 11 is 0. The lowest BCUT2D eigenvalue weighted by atomic mass is 9.91. The summed E-state index contributed by atoms with van der Waals surface area (Å²) in [6.07, 6.45) is 2.14. The van der Waals surface area contributed by atoms with Gasteiger partial charge in [-0.05, 0) is 37.8 Å². The third kappa shape index (κ3) is 2.78. The van der Waals surface area contributed by atoms with Crippen LogP contribution < -0.4 is 5.32 Å². The molecule has 0 saturated carbocycles. The Balaban J connectivity index is 1.67. The fraction of sp³-hybridized carbons (Fsp3) is 0.500. The third-order valence-corrected chi connectivity index (χ3v) is 5.62. The highest BCUT2D eigenvalue weighted by atomic mass is 16.5. The molecule has 6 heteroatoms. The van der Waals surface area contributed by atoms with Gasteiger partial charge < -0.3 is 15.0 Å². The van der Waals surface area contributed by atoms with Crippen molar-refractivity contribution in [2.24, 2.45) is 0 Å². The smallest absolute Gasteiger partial charge is 0.322 e. The van der Waals surface area contributed by atoms with Crippen LogP contribution in [0, 0.1) is 13.8 Å². The number of amides is 3. The summed E-state index contributed by atoms with van der Waals surface area (Å²) in [5.74, 6) is 0.00678. The summed E-state index contributed by atoms with van der Waals surface area (Å²) in [7, 11) is 1.73. The van der Waals surface area contributed by atoms with Gasteiger partial charge in [0.1, 0.15) is 0 Å². The predicted molar refractivity (Wildman–Crippen MR) is 97.5 cm³/mol. The van der Waals surface area contributed by atoms with Crippen LogP contribution in [0.1, 0.15) is 35.6 Å². The first-order valence-corrected chi connectivity index (χ1v) is 9.21. The average molecular weight is 355 g/mol. The quantitative estimate of drug-likeness (QED) is 0.905.